The fourth-order valence-electron chi connectivity index (χ4n) is 4.75. The number of nitrogens with zero attached hydrogens (tertiary/aromatic N) is 2. The van der Waals surface area contributed by atoms with Crippen LogP contribution in [-0.4, -0.2) is 48.4 Å². The Morgan fingerprint density at radius 1 is 1.11 bits per heavy atom. The van der Waals surface area contributed by atoms with Gasteiger partial charge in [-0.3, -0.25) is 4.79 Å². The Hall–Kier alpha value is -4.37. The first-order valence-corrected chi connectivity index (χ1v) is 12.5. The molecule has 0 saturated carbocycles. The number of carbonyl (C=O) groups is 2. The number of fused-ring (bicyclic) bond motifs is 1. The zero-order valence-corrected chi connectivity index (χ0v) is 21.4. The normalized spacial score (nSPS) is 14.8. The largest absolute Gasteiger partial charge is 0.496 e. The second-order valence-electron chi connectivity index (χ2n) is 9.04. The van der Waals surface area contributed by atoms with Gasteiger partial charge in [-0.1, -0.05) is 36.4 Å². The Labute approximate surface area is 220 Å². The molecule has 9 heteroatoms. The van der Waals surface area contributed by atoms with E-state index in [1.807, 2.05) is 36.4 Å². The predicted octanol–water partition coefficient (Wildman–Crippen LogP) is 4.87. The maximum atomic E-state index is 13.2. The molecular weight excluding hydrogens is 484 g/mol. The summed E-state index contributed by atoms with van der Waals surface area (Å²) < 4.78 is 18.3. The standard InChI is InChI=1S/C29H30N4O5/c1-36-24-13-7-6-11-20(24)16-30-21-15-23-25(32-28(34)19-9-4-3-5-10-19)26(29(35)37-2)33(27(23)31-17-21)18-22-12-8-14-38-22/h3-7,9-11,13,15,17,22,30H,8,12,14,16,18H2,1-2H3,(H,32,34). The average molecular weight is 515 g/mol. The van der Waals surface area contributed by atoms with Crippen LogP contribution in [0.3, 0.4) is 0 Å². The number of aromatic nitrogens is 2. The number of carbonyl (C=O) groups excluding carboxylic acids is 2. The molecule has 4 aromatic rings. The predicted molar refractivity (Wildman–Crippen MR) is 145 cm³/mol. The highest BCUT2D eigenvalue weighted by molar-refractivity contribution is 6.14. The molecule has 1 atom stereocenters. The molecule has 3 heterocycles. The molecule has 2 N–H and O–H groups in total. The number of amides is 1. The first-order valence-electron chi connectivity index (χ1n) is 12.5. The highest BCUT2D eigenvalue weighted by Gasteiger charge is 2.29. The van der Waals surface area contributed by atoms with E-state index in [1.165, 1.54) is 7.11 Å². The maximum absolute atomic E-state index is 13.2. The molecule has 0 bridgehead atoms. The van der Waals surface area contributed by atoms with Crippen LogP contribution in [0.1, 0.15) is 39.3 Å². The number of esters is 1. The fourth-order valence-corrected chi connectivity index (χ4v) is 4.75. The second kappa shape index (κ2) is 11.4. The molecule has 0 spiro atoms. The van der Waals surface area contributed by atoms with Crippen LogP contribution < -0.4 is 15.4 Å². The lowest BCUT2D eigenvalue weighted by atomic mass is 10.2. The molecule has 2 aromatic heterocycles. The van der Waals surface area contributed by atoms with Gasteiger partial charge in [-0.2, -0.15) is 0 Å². The van der Waals surface area contributed by atoms with Crippen molar-refractivity contribution < 1.29 is 23.8 Å². The van der Waals surface area contributed by atoms with E-state index >= 15 is 0 Å². The molecule has 1 amide bonds. The number of hydrogen-bond acceptors (Lipinski definition) is 7. The van der Waals surface area contributed by atoms with Gasteiger partial charge < -0.3 is 29.4 Å². The van der Waals surface area contributed by atoms with Gasteiger partial charge in [0.25, 0.3) is 5.91 Å². The molecular formula is C29H30N4O5. The van der Waals surface area contributed by atoms with E-state index in [0.717, 1.165) is 29.8 Å². The number of hydrogen-bond donors (Lipinski definition) is 2. The van der Waals surface area contributed by atoms with Crippen molar-refractivity contribution in [1.29, 1.82) is 0 Å². The minimum absolute atomic E-state index is 0.0585. The van der Waals surface area contributed by atoms with Crippen LogP contribution in [0.25, 0.3) is 11.0 Å². The highest BCUT2D eigenvalue weighted by Crippen LogP contribution is 2.34. The summed E-state index contributed by atoms with van der Waals surface area (Å²) in [5, 5.41) is 6.96. The third-order valence-corrected chi connectivity index (χ3v) is 6.64. The summed E-state index contributed by atoms with van der Waals surface area (Å²) in [4.78, 5) is 31.0. The Bertz CT molecular complexity index is 1440. The number of ether oxygens (including phenoxy) is 3. The molecule has 0 radical (unpaired) electrons. The zero-order valence-electron chi connectivity index (χ0n) is 21.4. The van der Waals surface area contributed by atoms with E-state index in [9.17, 15) is 9.59 Å². The number of rotatable bonds is 9. The van der Waals surface area contributed by atoms with E-state index in [2.05, 4.69) is 10.6 Å². The van der Waals surface area contributed by atoms with Crippen molar-refractivity contribution in [3.63, 3.8) is 0 Å². The quantitative estimate of drug-likeness (QED) is 0.307. The minimum atomic E-state index is -0.562. The van der Waals surface area contributed by atoms with Gasteiger partial charge in [-0.05, 0) is 37.1 Å². The molecule has 0 aliphatic carbocycles. The summed E-state index contributed by atoms with van der Waals surface area (Å²) >= 11 is 0. The van der Waals surface area contributed by atoms with Crippen LogP contribution in [0, 0.1) is 0 Å². The van der Waals surface area contributed by atoms with Crippen LogP contribution in [-0.2, 0) is 22.6 Å². The second-order valence-corrected chi connectivity index (χ2v) is 9.04. The summed E-state index contributed by atoms with van der Waals surface area (Å²) in [6.45, 7) is 1.60. The van der Waals surface area contributed by atoms with Gasteiger partial charge in [-0.25, -0.2) is 9.78 Å². The number of benzene rings is 2. The molecule has 1 aliphatic heterocycles. The van der Waals surface area contributed by atoms with Crippen molar-refractivity contribution in [2.24, 2.45) is 0 Å². The van der Waals surface area contributed by atoms with Crippen molar-refractivity contribution in [3.8, 4) is 5.75 Å². The monoisotopic (exact) mass is 514 g/mol. The van der Waals surface area contributed by atoms with E-state index < -0.39 is 5.97 Å². The Kier molecular flexibility index (Phi) is 7.55. The first-order chi connectivity index (χ1) is 18.6. The van der Waals surface area contributed by atoms with E-state index in [4.69, 9.17) is 19.2 Å². The molecule has 2 aromatic carbocycles. The van der Waals surface area contributed by atoms with Crippen LogP contribution in [0.4, 0.5) is 11.4 Å². The van der Waals surface area contributed by atoms with Crippen LogP contribution in [0.2, 0.25) is 0 Å². The zero-order chi connectivity index (χ0) is 26.5. The van der Waals surface area contributed by atoms with Gasteiger partial charge in [0.05, 0.1) is 44.4 Å². The lowest BCUT2D eigenvalue weighted by Gasteiger charge is -2.14. The molecule has 9 nitrogen and oxygen atoms in total. The number of methoxy groups -OCH3 is 2. The summed E-state index contributed by atoms with van der Waals surface area (Å²) in [5.74, 6) is -0.118. The molecule has 196 valence electrons. The molecule has 1 aliphatic rings. The first kappa shape index (κ1) is 25.3. The number of para-hydroxylation sites is 1. The molecule has 1 saturated heterocycles. The minimum Gasteiger partial charge on any atom is -0.496 e. The van der Waals surface area contributed by atoms with E-state index in [0.29, 0.717) is 42.0 Å². The van der Waals surface area contributed by atoms with Crippen molar-refractivity contribution in [1.82, 2.24) is 9.55 Å². The third kappa shape index (κ3) is 5.19. The lowest BCUT2D eigenvalue weighted by Crippen LogP contribution is -2.21. The number of anilines is 2. The number of pyridine rings is 1. The van der Waals surface area contributed by atoms with E-state index in [1.54, 1.807) is 42.1 Å². The van der Waals surface area contributed by atoms with Gasteiger partial charge in [-0.15, -0.1) is 0 Å². The highest BCUT2D eigenvalue weighted by atomic mass is 16.5. The summed E-state index contributed by atoms with van der Waals surface area (Å²) in [6, 6.07) is 18.5. The Morgan fingerprint density at radius 3 is 2.63 bits per heavy atom. The summed E-state index contributed by atoms with van der Waals surface area (Å²) in [7, 11) is 2.96. The van der Waals surface area contributed by atoms with Crippen molar-refractivity contribution >= 4 is 34.3 Å². The van der Waals surface area contributed by atoms with Gasteiger partial charge in [0.1, 0.15) is 11.4 Å². The lowest BCUT2D eigenvalue weighted by molar-refractivity contribution is 0.0580. The number of nitrogens with one attached hydrogen (secondary N) is 2. The van der Waals surface area contributed by atoms with Gasteiger partial charge in [0.2, 0.25) is 0 Å². The van der Waals surface area contributed by atoms with Crippen molar-refractivity contribution in [2.75, 3.05) is 31.5 Å². The molecule has 1 fully saturated rings. The molecule has 5 rings (SSSR count). The van der Waals surface area contributed by atoms with Crippen LogP contribution >= 0.6 is 0 Å². The Balaban J connectivity index is 1.57. The summed E-state index contributed by atoms with van der Waals surface area (Å²) in [5.41, 5.74) is 3.33. The smallest absolute Gasteiger partial charge is 0.356 e. The third-order valence-electron chi connectivity index (χ3n) is 6.64. The van der Waals surface area contributed by atoms with Crippen LogP contribution in [0.5, 0.6) is 5.75 Å². The van der Waals surface area contributed by atoms with Gasteiger partial charge in [0.15, 0.2) is 5.69 Å². The summed E-state index contributed by atoms with van der Waals surface area (Å²) in [6.07, 6.45) is 3.49. The van der Waals surface area contributed by atoms with Gasteiger partial charge in [0, 0.05) is 29.7 Å². The van der Waals surface area contributed by atoms with E-state index in [-0.39, 0.29) is 17.7 Å². The van der Waals surface area contributed by atoms with Crippen LogP contribution in [0.15, 0.2) is 66.9 Å². The van der Waals surface area contributed by atoms with Gasteiger partial charge >= 0.3 is 5.97 Å². The Morgan fingerprint density at radius 2 is 1.89 bits per heavy atom. The molecule has 1 unspecified atom stereocenters. The maximum Gasteiger partial charge on any atom is 0.356 e. The fraction of sp³-hybridized carbons (Fsp3) is 0.276. The topological polar surface area (TPSA) is 104 Å². The SMILES string of the molecule is COC(=O)c1c(NC(=O)c2ccccc2)c2cc(NCc3ccccc3OC)cnc2n1CC1CCCO1. The van der Waals surface area contributed by atoms with Crippen molar-refractivity contribution in [3.05, 3.63) is 83.7 Å². The van der Waals surface area contributed by atoms with Crippen molar-refractivity contribution in [2.45, 2.75) is 32.0 Å². The average Bonchev–Trinajstić information content (AvgIpc) is 3.58. The molecule has 38 heavy (non-hydrogen) atoms.